The van der Waals surface area contributed by atoms with Crippen molar-refractivity contribution in [1.29, 1.82) is 0 Å². The average molecular weight is 328 g/mol. The van der Waals surface area contributed by atoms with Gasteiger partial charge in [0.1, 0.15) is 12.4 Å². The molecule has 0 radical (unpaired) electrons. The second kappa shape index (κ2) is 6.55. The summed E-state index contributed by atoms with van der Waals surface area (Å²) in [6.07, 6.45) is 2.01. The van der Waals surface area contributed by atoms with Crippen molar-refractivity contribution in [3.05, 3.63) is 35.7 Å². The number of rotatable bonds is 4. The van der Waals surface area contributed by atoms with Crippen molar-refractivity contribution in [2.24, 2.45) is 0 Å². The molecule has 24 heavy (non-hydrogen) atoms. The van der Waals surface area contributed by atoms with Gasteiger partial charge in [0, 0.05) is 18.3 Å². The standard InChI is InChI=1S/C18H24N4O2/c1-12(2)19-18(23)11-21-7-8-24-17-9-15(5-6-16(17)21)22-10-13(3)14(4)20-22/h5-6,9-10,12H,7-8,11H2,1-4H3,(H,19,23). The van der Waals surface area contributed by atoms with Crippen LogP contribution in [0.25, 0.3) is 5.69 Å². The number of carbonyl (C=O) groups is 1. The SMILES string of the molecule is Cc1cn(-c2ccc3c(c2)OCCN3CC(=O)NC(C)C)nc1C. The van der Waals surface area contributed by atoms with Crippen LogP contribution in [0.1, 0.15) is 25.1 Å². The van der Waals surface area contributed by atoms with E-state index in [1.165, 1.54) is 0 Å². The number of hydrogen-bond acceptors (Lipinski definition) is 4. The molecule has 0 spiro atoms. The van der Waals surface area contributed by atoms with Crippen molar-refractivity contribution in [1.82, 2.24) is 15.1 Å². The molecule has 0 bridgehead atoms. The largest absolute Gasteiger partial charge is 0.489 e. The first-order valence-corrected chi connectivity index (χ1v) is 8.28. The van der Waals surface area contributed by atoms with Gasteiger partial charge >= 0.3 is 0 Å². The van der Waals surface area contributed by atoms with Gasteiger partial charge in [-0.25, -0.2) is 4.68 Å². The van der Waals surface area contributed by atoms with Gasteiger partial charge in [-0.3, -0.25) is 4.79 Å². The zero-order valence-corrected chi connectivity index (χ0v) is 14.7. The number of ether oxygens (including phenoxy) is 1. The van der Waals surface area contributed by atoms with Gasteiger partial charge in [0.15, 0.2) is 0 Å². The van der Waals surface area contributed by atoms with Gasteiger partial charge in [-0.1, -0.05) is 0 Å². The smallest absolute Gasteiger partial charge is 0.239 e. The van der Waals surface area contributed by atoms with Gasteiger partial charge < -0.3 is 15.0 Å². The Morgan fingerprint density at radius 2 is 2.17 bits per heavy atom. The summed E-state index contributed by atoms with van der Waals surface area (Å²) < 4.78 is 7.66. The molecular weight excluding hydrogens is 304 g/mol. The maximum atomic E-state index is 12.1. The van der Waals surface area contributed by atoms with E-state index in [1.54, 1.807) is 0 Å². The molecule has 2 aromatic rings. The number of nitrogens with zero attached hydrogens (tertiary/aromatic N) is 3. The molecule has 0 saturated heterocycles. The van der Waals surface area contributed by atoms with Crippen LogP contribution >= 0.6 is 0 Å². The lowest BCUT2D eigenvalue weighted by molar-refractivity contribution is -0.120. The minimum absolute atomic E-state index is 0.0280. The van der Waals surface area contributed by atoms with Crippen LogP contribution < -0.4 is 15.0 Å². The summed E-state index contributed by atoms with van der Waals surface area (Å²) in [5.41, 5.74) is 4.07. The Morgan fingerprint density at radius 3 is 2.83 bits per heavy atom. The van der Waals surface area contributed by atoms with Gasteiger partial charge in [-0.05, 0) is 45.4 Å². The Kier molecular flexibility index (Phi) is 4.46. The fourth-order valence-electron chi connectivity index (χ4n) is 2.79. The van der Waals surface area contributed by atoms with E-state index in [-0.39, 0.29) is 11.9 Å². The van der Waals surface area contributed by atoms with E-state index in [0.717, 1.165) is 28.4 Å². The van der Waals surface area contributed by atoms with Crippen LogP contribution in [-0.2, 0) is 4.79 Å². The summed E-state index contributed by atoms with van der Waals surface area (Å²) >= 11 is 0. The molecule has 1 N–H and O–H groups in total. The molecule has 1 aromatic carbocycles. The number of amides is 1. The topological polar surface area (TPSA) is 59.4 Å². The Labute approximate surface area is 142 Å². The first-order valence-electron chi connectivity index (χ1n) is 8.28. The fourth-order valence-corrected chi connectivity index (χ4v) is 2.79. The number of aryl methyl sites for hydroxylation is 2. The number of hydrogen-bond donors (Lipinski definition) is 1. The Balaban J connectivity index is 1.83. The second-order valence-electron chi connectivity index (χ2n) is 6.49. The molecule has 0 fully saturated rings. The first-order chi connectivity index (χ1) is 11.4. The number of aromatic nitrogens is 2. The van der Waals surface area contributed by atoms with Crippen LogP contribution in [0.4, 0.5) is 5.69 Å². The molecule has 0 aliphatic carbocycles. The van der Waals surface area contributed by atoms with Gasteiger partial charge in [-0.2, -0.15) is 5.10 Å². The summed E-state index contributed by atoms with van der Waals surface area (Å²) in [6, 6.07) is 6.13. The van der Waals surface area contributed by atoms with E-state index in [9.17, 15) is 4.79 Å². The van der Waals surface area contributed by atoms with Crippen LogP contribution in [0.15, 0.2) is 24.4 Å². The van der Waals surface area contributed by atoms with Crippen LogP contribution in [0.2, 0.25) is 0 Å². The molecular formula is C18H24N4O2. The zero-order valence-electron chi connectivity index (χ0n) is 14.7. The van der Waals surface area contributed by atoms with Gasteiger partial charge in [0.05, 0.1) is 30.2 Å². The average Bonchev–Trinajstić information content (AvgIpc) is 2.86. The molecule has 3 rings (SSSR count). The van der Waals surface area contributed by atoms with Crippen molar-refractivity contribution in [3.63, 3.8) is 0 Å². The number of fused-ring (bicyclic) bond motifs is 1. The highest BCUT2D eigenvalue weighted by molar-refractivity contribution is 5.82. The Bertz CT molecular complexity index is 732. The highest BCUT2D eigenvalue weighted by atomic mass is 16.5. The number of benzene rings is 1. The second-order valence-corrected chi connectivity index (χ2v) is 6.49. The van der Waals surface area contributed by atoms with Crippen molar-refractivity contribution >= 4 is 11.6 Å². The predicted octanol–water partition coefficient (Wildman–Crippen LogP) is 2.21. The van der Waals surface area contributed by atoms with Crippen LogP contribution in [0.3, 0.4) is 0 Å². The lowest BCUT2D eigenvalue weighted by Crippen LogP contribution is -2.43. The molecule has 1 aliphatic rings. The van der Waals surface area contributed by atoms with E-state index in [0.29, 0.717) is 19.7 Å². The minimum atomic E-state index is 0.0280. The van der Waals surface area contributed by atoms with Crippen molar-refractivity contribution in [2.45, 2.75) is 33.7 Å². The fraction of sp³-hybridized carbons (Fsp3) is 0.444. The highest BCUT2D eigenvalue weighted by Crippen LogP contribution is 2.33. The van der Waals surface area contributed by atoms with E-state index in [4.69, 9.17) is 4.74 Å². The van der Waals surface area contributed by atoms with E-state index in [1.807, 2.05) is 56.8 Å². The van der Waals surface area contributed by atoms with E-state index < -0.39 is 0 Å². The van der Waals surface area contributed by atoms with E-state index >= 15 is 0 Å². The third-order valence-corrected chi connectivity index (χ3v) is 4.10. The Hall–Kier alpha value is -2.50. The quantitative estimate of drug-likeness (QED) is 0.935. The van der Waals surface area contributed by atoms with Gasteiger partial charge in [-0.15, -0.1) is 0 Å². The van der Waals surface area contributed by atoms with Crippen LogP contribution in [0, 0.1) is 13.8 Å². The minimum Gasteiger partial charge on any atom is -0.489 e. The molecule has 1 amide bonds. The predicted molar refractivity (Wildman–Crippen MR) is 94.0 cm³/mol. The Morgan fingerprint density at radius 1 is 1.38 bits per heavy atom. The maximum Gasteiger partial charge on any atom is 0.239 e. The summed E-state index contributed by atoms with van der Waals surface area (Å²) in [4.78, 5) is 14.1. The molecule has 2 heterocycles. The highest BCUT2D eigenvalue weighted by Gasteiger charge is 2.21. The maximum absolute atomic E-state index is 12.1. The molecule has 1 aromatic heterocycles. The van der Waals surface area contributed by atoms with Crippen molar-refractivity contribution < 1.29 is 9.53 Å². The monoisotopic (exact) mass is 328 g/mol. The van der Waals surface area contributed by atoms with Crippen LogP contribution in [-0.4, -0.2) is 41.4 Å². The third-order valence-electron chi connectivity index (χ3n) is 4.10. The number of nitrogens with one attached hydrogen (secondary N) is 1. The summed E-state index contributed by atoms with van der Waals surface area (Å²) in [6.45, 7) is 9.59. The van der Waals surface area contributed by atoms with Gasteiger partial charge in [0.2, 0.25) is 5.91 Å². The molecule has 128 valence electrons. The molecule has 0 saturated carbocycles. The first kappa shape index (κ1) is 16.4. The number of anilines is 1. The summed E-state index contributed by atoms with van der Waals surface area (Å²) in [7, 11) is 0. The summed E-state index contributed by atoms with van der Waals surface area (Å²) in [5.74, 6) is 0.821. The number of carbonyl (C=O) groups excluding carboxylic acids is 1. The molecule has 6 heteroatoms. The lowest BCUT2D eigenvalue weighted by atomic mass is 10.2. The zero-order chi connectivity index (χ0) is 17.3. The molecule has 1 aliphatic heterocycles. The normalized spacial score (nSPS) is 13.6. The van der Waals surface area contributed by atoms with Crippen molar-refractivity contribution in [3.8, 4) is 11.4 Å². The molecule has 0 atom stereocenters. The van der Waals surface area contributed by atoms with Crippen molar-refractivity contribution in [2.75, 3.05) is 24.6 Å². The van der Waals surface area contributed by atoms with E-state index in [2.05, 4.69) is 15.3 Å². The summed E-state index contributed by atoms with van der Waals surface area (Å²) in [5, 5.41) is 7.44. The molecule has 0 unspecified atom stereocenters. The molecule has 6 nitrogen and oxygen atoms in total. The van der Waals surface area contributed by atoms with Crippen LogP contribution in [0.5, 0.6) is 5.75 Å². The lowest BCUT2D eigenvalue weighted by Gasteiger charge is -2.31. The third kappa shape index (κ3) is 3.37. The van der Waals surface area contributed by atoms with Gasteiger partial charge in [0.25, 0.3) is 0 Å².